The maximum atomic E-state index is 11.6. The molecule has 0 saturated heterocycles. The number of thioether (sulfide) groups is 1. The number of carbonyl (C=O) groups excluding carboxylic acids is 1. The van der Waals surface area contributed by atoms with Gasteiger partial charge in [0.05, 0.1) is 11.4 Å². The minimum absolute atomic E-state index is 0.209. The first-order valence-corrected chi connectivity index (χ1v) is 5.89. The fraction of sp³-hybridized carbons (Fsp3) is 0.636. The molecule has 0 aliphatic rings. The highest BCUT2D eigenvalue weighted by atomic mass is 32.2. The van der Waals surface area contributed by atoms with Gasteiger partial charge in [-0.15, -0.1) is 0 Å². The van der Waals surface area contributed by atoms with Crippen LogP contribution in [0.15, 0.2) is 9.64 Å². The van der Waals surface area contributed by atoms with Crippen molar-refractivity contribution in [3.63, 3.8) is 0 Å². The summed E-state index contributed by atoms with van der Waals surface area (Å²) in [4.78, 5) is 15.8. The van der Waals surface area contributed by atoms with E-state index in [1.807, 2.05) is 34.6 Å². The van der Waals surface area contributed by atoms with E-state index in [-0.39, 0.29) is 11.2 Å². The fourth-order valence-corrected chi connectivity index (χ4v) is 1.92. The van der Waals surface area contributed by atoms with E-state index in [1.54, 1.807) is 0 Å². The molecule has 0 fully saturated rings. The fourth-order valence-electron chi connectivity index (χ4n) is 0.849. The van der Waals surface area contributed by atoms with Gasteiger partial charge in [-0.25, -0.2) is 4.98 Å². The Morgan fingerprint density at radius 3 is 2.40 bits per heavy atom. The summed E-state index contributed by atoms with van der Waals surface area (Å²) in [5, 5.41) is 0.586. The first kappa shape index (κ1) is 12.3. The number of Topliss-reactive ketones (excluding diaryl/α,β-unsaturated/α-hetero) is 1. The smallest absolute Gasteiger partial charge is 0.256 e. The molecule has 3 nitrogen and oxygen atoms in total. The van der Waals surface area contributed by atoms with Gasteiger partial charge in [-0.2, -0.15) is 0 Å². The third-order valence-electron chi connectivity index (χ3n) is 2.17. The Bertz CT molecular complexity index is 344. The first-order chi connectivity index (χ1) is 6.80. The van der Waals surface area contributed by atoms with Crippen molar-refractivity contribution < 1.29 is 9.21 Å². The monoisotopic (exact) mass is 227 g/mol. The van der Waals surface area contributed by atoms with Crippen molar-refractivity contribution in [2.75, 3.05) is 5.75 Å². The number of aromatic nitrogens is 1. The maximum Gasteiger partial charge on any atom is 0.256 e. The second-order valence-corrected chi connectivity index (χ2v) is 5.51. The molecule has 0 aliphatic heterocycles. The van der Waals surface area contributed by atoms with Crippen LogP contribution in [0.5, 0.6) is 0 Å². The number of carbonyl (C=O) groups is 1. The normalized spacial score (nSPS) is 11.8. The van der Waals surface area contributed by atoms with Crippen LogP contribution >= 0.6 is 11.8 Å². The lowest BCUT2D eigenvalue weighted by molar-refractivity contribution is -0.123. The Kier molecular flexibility index (Phi) is 3.60. The Morgan fingerprint density at radius 1 is 1.40 bits per heavy atom. The number of hydrogen-bond acceptors (Lipinski definition) is 4. The van der Waals surface area contributed by atoms with Crippen LogP contribution in [0.4, 0.5) is 0 Å². The number of aryl methyl sites for hydroxylation is 2. The van der Waals surface area contributed by atoms with E-state index in [0.29, 0.717) is 11.0 Å². The molecule has 0 saturated carbocycles. The van der Waals surface area contributed by atoms with Crippen molar-refractivity contribution in [2.45, 2.75) is 39.8 Å². The van der Waals surface area contributed by atoms with Crippen LogP contribution in [-0.2, 0) is 4.79 Å². The van der Waals surface area contributed by atoms with E-state index in [4.69, 9.17) is 4.42 Å². The van der Waals surface area contributed by atoms with Crippen molar-refractivity contribution >= 4 is 17.5 Å². The highest BCUT2D eigenvalue weighted by Crippen LogP contribution is 2.24. The van der Waals surface area contributed by atoms with Crippen molar-refractivity contribution in [3.8, 4) is 0 Å². The van der Waals surface area contributed by atoms with E-state index in [9.17, 15) is 4.79 Å². The summed E-state index contributed by atoms with van der Waals surface area (Å²) in [5.74, 6) is 1.45. The molecule has 0 bridgehead atoms. The molecular weight excluding hydrogens is 210 g/mol. The second kappa shape index (κ2) is 4.39. The third-order valence-corrected chi connectivity index (χ3v) is 3.00. The summed E-state index contributed by atoms with van der Waals surface area (Å²) in [5.41, 5.74) is 0.602. The van der Waals surface area contributed by atoms with Gasteiger partial charge in [-0.3, -0.25) is 4.79 Å². The predicted molar refractivity (Wildman–Crippen MR) is 61.2 cm³/mol. The van der Waals surface area contributed by atoms with Crippen LogP contribution in [0, 0.1) is 19.3 Å². The zero-order valence-electron chi connectivity index (χ0n) is 9.88. The van der Waals surface area contributed by atoms with Crippen molar-refractivity contribution in [2.24, 2.45) is 5.41 Å². The Hall–Kier alpha value is -0.770. The van der Waals surface area contributed by atoms with Gasteiger partial charge in [0.2, 0.25) is 0 Å². The average Bonchev–Trinajstić information content (AvgIpc) is 2.41. The van der Waals surface area contributed by atoms with Crippen molar-refractivity contribution in [1.29, 1.82) is 0 Å². The van der Waals surface area contributed by atoms with Crippen molar-refractivity contribution in [1.82, 2.24) is 4.98 Å². The molecule has 1 rings (SSSR count). The Labute approximate surface area is 94.6 Å². The van der Waals surface area contributed by atoms with Gasteiger partial charge in [0, 0.05) is 5.41 Å². The molecule has 0 aromatic carbocycles. The first-order valence-electron chi connectivity index (χ1n) is 4.91. The summed E-state index contributed by atoms with van der Waals surface area (Å²) in [6.45, 7) is 9.53. The van der Waals surface area contributed by atoms with E-state index in [1.165, 1.54) is 11.8 Å². The summed E-state index contributed by atoms with van der Waals surface area (Å²) >= 11 is 1.36. The predicted octanol–water partition coefficient (Wildman–Crippen LogP) is 3.00. The van der Waals surface area contributed by atoms with E-state index >= 15 is 0 Å². The molecule has 15 heavy (non-hydrogen) atoms. The van der Waals surface area contributed by atoms with Crippen LogP contribution in [0.25, 0.3) is 0 Å². The molecule has 4 heteroatoms. The molecule has 0 unspecified atom stereocenters. The van der Waals surface area contributed by atoms with Crippen LogP contribution in [-0.4, -0.2) is 16.5 Å². The van der Waals surface area contributed by atoms with Crippen LogP contribution in [0.2, 0.25) is 0 Å². The van der Waals surface area contributed by atoms with Gasteiger partial charge < -0.3 is 4.42 Å². The third kappa shape index (κ3) is 3.38. The van der Waals surface area contributed by atoms with Crippen molar-refractivity contribution in [3.05, 3.63) is 11.5 Å². The van der Waals surface area contributed by atoms with Gasteiger partial charge in [0.25, 0.3) is 5.22 Å². The topological polar surface area (TPSA) is 43.1 Å². The molecule has 0 N–H and O–H groups in total. The lowest BCUT2D eigenvalue weighted by Crippen LogP contribution is -2.21. The summed E-state index contributed by atoms with van der Waals surface area (Å²) in [6.07, 6.45) is 0. The van der Waals surface area contributed by atoms with E-state index < -0.39 is 0 Å². The number of nitrogens with zero attached hydrogens (tertiary/aromatic N) is 1. The van der Waals surface area contributed by atoms with Gasteiger partial charge in [0.15, 0.2) is 0 Å². The molecule has 1 aromatic rings. The second-order valence-electron chi connectivity index (χ2n) is 4.58. The van der Waals surface area contributed by atoms with E-state index in [2.05, 4.69) is 4.98 Å². The van der Waals surface area contributed by atoms with Crippen LogP contribution in [0.1, 0.15) is 32.2 Å². The molecule has 84 valence electrons. The quantitative estimate of drug-likeness (QED) is 0.744. The Balaban J connectivity index is 2.55. The standard InChI is InChI=1S/C11H17NO2S/c1-7-8(2)14-10(12-7)15-6-9(13)11(3,4)5/h6H2,1-5H3. The SMILES string of the molecule is Cc1nc(SCC(=O)C(C)(C)C)oc1C. The highest BCUT2D eigenvalue weighted by molar-refractivity contribution is 7.99. The number of rotatable bonds is 3. The van der Waals surface area contributed by atoms with Crippen LogP contribution in [0.3, 0.4) is 0 Å². The molecule has 0 radical (unpaired) electrons. The molecule has 0 atom stereocenters. The van der Waals surface area contributed by atoms with Gasteiger partial charge >= 0.3 is 0 Å². The molecule has 0 spiro atoms. The average molecular weight is 227 g/mol. The number of ketones is 1. The number of oxazole rings is 1. The van der Waals surface area contributed by atoms with E-state index in [0.717, 1.165) is 11.5 Å². The minimum Gasteiger partial charge on any atom is -0.437 e. The van der Waals surface area contributed by atoms with Crippen LogP contribution < -0.4 is 0 Å². The summed E-state index contributed by atoms with van der Waals surface area (Å²) < 4.78 is 5.38. The number of hydrogen-bond donors (Lipinski definition) is 0. The Morgan fingerprint density at radius 2 is 2.00 bits per heavy atom. The highest BCUT2D eigenvalue weighted by Gasteiger charge is 2.21. The molecule has 1 heterocycles. The zero-order chi connectivity index (χ0) is 11.6. The summed E-state index contributed by atoms with van der Waals surface area (Å²) in [6, 6.07) is 0. The van der Waals surface area contributed by atoms with Gasteiger partial charge in [-0.05, 0) is 13.8 Å². The molecule has 0 amide bonds. The zero-order valence-corrected chi connectivity index (χ0v) is 10.7. The lowest BCUT2D eigenvalue weighted by Gasteiger charge is -2.14. The summed E-state index contributed by atoms with van der Waals surface area (Å²) in [7, 11) is 0. The lowest BCUT2D eigenvalue weighted by atomic mass is 9.92. The molecule has 0 aliphatic carbocycles. The molecular formula is C11H17NO2S. The maximum absolute atomic E-state index is 11.6. The largest absolute Gasteiger partial charge is 0.437 e. The molecule has 1 aromatic heterocycles. The van der Waals surface area contributed by atoms with Gasteiger partial charge in [-0.1, -0.05) is 32.5 Å². The van der Waals surface area contributed by atoms with Gasteiger partial charge in [0.1, 0.15) is 11.5 Å². The minimum atomic E-state index is -0.288.